The van der Waals surface area contributed by atoms with Crippen molar-refractivity contribution in [1.82, 2.24) is 15.1 Å². The number of likely N-dealkylation sites (N-methyl/N-ethyl adjacent to an activating group) is 1. The third kappa shape index (κ3) is 4.14. The number of urea groups is 1. The zero-order valence-corrected chi connectivity index (χ0v) is 14.7. The van der Waals surface area contributed by atoms with Crippen LogP contribution in [0.2, 0.25) is 0 Å². The van der Waals surface area contributed by atoms with Crippen molar-refractivity contribution in [2.45, 2.75) is 0 Å². The van der Waals surface area contributed by atoms with Crippen molar-refractivity contribution in [2.75, 3.05) is 64.9 Å². The van der Waals surface area contributed by atoms with Crippen LogP contribution in [0.25, 0.3) is 0 Å². The van der Waals surface area contributed by atoms with Crippen LogP contribution in [-0.2, 0) is 4.79 Å². The SMILES string of the molecule is CN(C)CCNC(=O)CN1CCN(c2ccc3c(c2)OCCO3)C1=O. The van der Waals surface area contributed by atoms with E-state index in [1.165, 1.54) is 0 Å². The quantitative estimate of drug-likeness (QED) is 0.804. The Morgan fingerprint density at radius 3 is 2.72 bits per heavy atom. The second-order valence-electron chi connectivity index (χ2n) is 6.34. The minimum Gasteiger partial charge on any atom is -0.486 e. The summed E-state index contributed by atoms with van der Waals surface area (Å²) in [6, 6.07) is 5.30. The van der Waals surface area contributed by atoms with Gasteiger partial charge in [0, 0.05) is 37.9 Å². The lowest BCUT2D eigenvalue weighted by atomic mass is 10.2. The molecule has 136 valence electrons. The number of hydrogen-bond donors (Lipinski definition) is 1. The molecule has 8 heteroatoms. The van der Waals surface area contributed by atoms with Crippen LogP contribution >= 0.6 is 0 Å². The maximum atomic E-state index is 12.6. The summed E-state index contributed by atoms with van der Waals surface area (Å²) in [7, 11) is 3.89. The van der Waals surface area contributed by atoms with E-state index in [1.54, 1.807) is 9.80 Å². The predicted molar refractivity (Wildman–Crippen MR) is 93.3 cm³/mol. The van der Waals surface area contributed by atoms with E-state index < -0.39 is 0 Å². The third-order valence-electron chi connectivity index (χ3n) is 4.15. The molecule has 8 nitrogen and oxygen atoms in total. The lowest BCUT2D eigenvalue weighted by Crippen LogP contribution is -2.41. The van der Waals surface area contributed by atoms with Gasteiger partial charge in [-0.05, 0) is 26.2 Å². The molecule has 0 unspecified atom stereocenters. The van der Waals surface area contributed by atoms with Crippen LogP contribution in [0.5, 0.6) is 11.5 Å². The van der Waals surface area contributed by atoms with Crippen LogP contribution in [0, 0.1) is 0 Å². The first kappa shape index (κ1) is 17.3. The molecular weight excluding hydrogens is 324 g/mol. The first-order chi connectivity index (χ1) is 12.0. The zero-order valence-electron chi connectivity index (χ0n) is 14.7. The largest absolute Gasteiger partial charge is 0.486 e. The molecule has 2 aliphatic rings. The van der Waals surface area contributed by atoms with Crippen molar-refractivity contribution in [2.24, 2.45) is 0 Å². The highest BCUT2D eigenvalue weighted by atomic mass is 16.6. The van der Waals surface area contributed by atoms with Crippen molar-refractivity contribution in [3.8, 4) is 11.5 Å². The molecule has 0 radical (unpaired) electrons. The van der Waals surface area contributed by atoms with Gasteiger partial charge in [-0.1, -0.05) is 0 Å². The topological polar surface area (TPSA) is 74.4 Å². The Hall–Kier alpha value is -2.48. The summed E-state index contributed by atoms with van der Waals surface area (Å²) in [6.07, 6.45) is 0. The average molecular weight is 348 g/mol. The molecule has 3 rings (SSSR count). The second-order valence-corrected chi connectivity index (χ2v) is 6.34. The molecule has 1 aromatic carbocycles. The Bertz CT molecular complexity index is 650. The van der Waals surface area contributed by atoms with Gasteiger partial charge in [0.15, 0.2) is 11.5 Å². The fourth-order valence-electron chi connectivity index (χ4n) is 2.82. The van der Waals surface area contributed by atoms with E-state index in [1.807, 2.05) is 37.2 Å². The van der Waals surface area contributed by atoms with E-state index in [2.05, 4.69) is 5.32 Å². The number of rotatable bonds is 6. The van der Waals surface area contributed by atoms with Gasteiger partial charge in [0.05, 0.1) is 0 Å². The molecule has 1 saturated heterocycles. The Balaban J connectivity index is 1.57. The minimum absolute atomic E-state index is 0.0767. The number of nitrogens with one attached hydrogen (secondary N) is 1. The molecule has 1 aromatic rings. The molecule has 0 saturated carbocycles. The van der Waals surface area contributed by atoms with E-state index in [0.29, 0.717) is 44.3 Å². The molecule has 3 amide bonds. The molecule has 2 aliphatic heterocycles. The fourth-order valence-corrected chi connectivity index (χ4v) is 2.82. The number of ether oxygens (including phenoxy) is 2. The van der Waals surface area contributed by atoms with E-state index in [9.17, 15) is 9.59 Å². The molecule has 1 N–H and O–H groups in total. The van der Waals surface area contributed by atoms with Crippen LogP contribution < -0.4 is 19.7 Å². The molecule has 0 bridgehead atoms. The molecule has 1 fully saturated rings. The second kappa shape index (κ2) is 7.60. The Morgan fingerprint density at radius 1 is 1.20 bits per heavy atom. The van der Waals surface area contributed by atoms with Crippen molar-refractivity contribution in [3.63, 3.8) is 0 Å². The van der Waals surface area contributed by atoms with Gasteiger partial charge in [-0.2, -0.15) is 0 Å². The Morgan fingerprint density at radius 2 is 1.96 bits per heavy atom. The van der Waals surface area contributed by atoms with Gasteiger partial charge >= 0.3 is 6.03 Å². The number of amides is 3. The first-order valence-electron chi connectivity index (χ1n) is 8.42. The summed E-state index contributed by atoms with van der Waals surface area (Å²) in [4.78, 5) is 29.8. The van der Waals surface area contributed by atoms with Gasteiger partial charge in [-0.25, -0.2) is 4.79 Å². The fraction of sp³-hybridized carbons (Fsp3) is 0.529. The summed E-state index contributed by atoms with van der Waals surface area (Å²) in [5.41, 5.74) is 0.754. The van der Waals surface area contributed by atoms with Gasteiger partial charge in [0.25, 0.3) is 0 Å². The molecule has 2 heterocycles. The van der Waals surface area contributed by atoms with Gasteiger partial charge in [-0.15, -0.1) is 0 Å². The molecule has 0 aromatic heterocycles. The van der Waals surface area contributed by atoms with Gasteiger partial charge in [0.1, 0.15) is 19.8 Å². The summed E-state index contributed by atoms with van der Waals surface area (Å²) in [6.45, 7) is 3.52. The number of hydrogen-bond acceptors (Lipinski definition) is 5. The summed E-state index contributed by atoms with van der Waals surface area (Å²) in [5.74, 6) is 1.20. The van der Waals surface area contributed by atoms with Crippen LogP contribution in [-0.4, -0.2) is 81.8 Å². The highest BCUT2D eigenvalue weighted by Gasteiger charge is 2.31. The number of fused-ring (bicyclic) bond motifs is 1. The number of nitrogens with zero attached hydrogens (tertiary/aromatic N) is 3. The van der Waals surface area contributed by atoms with E-state index >= 15 is 0 Å². The molecular formula is C17H24N4O4. The van der Waals surface area contributed by atoms with Gasteiger partial charge < -0.3 is 24.6 Å². The third-order valence-corrected chi connectivity index (χ3v) is 4.15. The van der Waals surface area contributed by atoms with Crippen molar-refractivity contribution in [3.05, 3.63) is 18.2 Å². The lowest BCUT2D eigenvalue weighted by molar-refractivity contribution is -0.121. The standard InChI is InChI=1S/C17H24N4O4/c1-19(2)6-5-18-16(22)12-20-7-8-21(17(20)23)13-3-4-14-15(11-13)25-10-9-24-14/h3-4,11H,5-10,12H2,1-2H3,(H,18,22). The van der Waals surface area contributed by atoms with Gasteiger partial charge in [0.2, 0.25) is 5.91 Å². The van der Waals surface area contributed by atoms with Crippen LogP contribution in [0.4, 0.5) is 10.5 Å². The highest BCUT2D eigenvalue weighted by Crippen LogP contribution is 2.34. The average Bonchev–Trinajstić information content (AvgIpc) is 2.95. The number of carbonyl (C=O) groups excluding carboxylic acids is 2. The van der Waals surface area contributed by atoms with E-state index in [0.717, 1.165) is 12.2 Å². The van der Waals surface area contributed by atoms with Crippen LogP contribution in [0.15, 0.2) is 18.2 Å². The van der Waals surface area contributed by atoms with Crippen LogP contribution in [0.1, 0.15) is 0 Å². The van der Waals surface area contributed by atoms with E-state index in [-0.39, 0.29) is 18.5 Å². The predicted octanol–water partition coefficient (Wildman–Crippen LogP) is 0.378. The zero-order chi connectivity index (χ0) is 17.8. The summed E-state index contributed by atoms with van der Waals surface area (Å²) < 4.78 is 11.1. The maximum Gasteiger partial charge on any atom is 0.325 e. The van der Waals surface area contributed by atoms with E-state index in [4.69, 9.17) is 9.47 Å². The van der Waals surface area contributed by atoms with Crippen molar-refractivity contribution >= 4 is 17.6 Å². The minimum atomic E-state index is -0.167. The van der Waals surface area contributed by atoms with Crippen LogP contribution in [0.3, 0.4) is 0 Å². The molecule has 25 heavy (non-hydrogen) atoms. The Labute approximate surface area is 147 Å². The lowest BCUT2D eigenvalue weighted by Gasteiger charge is -2.22. The normalized spacial score (nSPS) is 16.5. The number of anilines is 1. The Kier molecular flexibility index (Phi) is 5.28. The van der Waals surface area contributed by atoms with Gasteiger partial charge in [-0.3, -0.25) is 9.69 Å². The highest BCUT2D eigenvalue weighted by molar-refractivity contribution is 5.96. The maximum absolute atomic E-state index is 12.6. The van der Waals surface area contributed by atoms with Crippen molar-refractivity contribution in [1.29, 1.82) is 0 Å². The molecule has 0 aliphatic carbocycles. The molecule has 0 atom stereocenters. The monoisotopic (exact) mass is 348 g/mol. The van der Waals surface area contributed by atoms with Crippen molar-refractivity contribution < 1.29 is 19.1 Å². The molecule has 0 spiro atoms. The number of carbonyl (C=O) groups is 2. The first-order valence-corrected chi connectivity index (χ1v) is 8.42. The summed E-state index contributed by atoms with van der Waals surface area (Å²) in [5, 5.41) is 2.83. The number of benzene rings is 1. The smallest absolute Gasteiger partial charge is 0.325 e. The summed E-state index contributed by atoms with van der Waals surface area (Å²) >= 11 is 0.